The van der Waals surface area contributed by atoms with Crippen molar-refractivity contribution in [3.63, 3.8) is 0 Å². The normalized spacial score (nSPS) is 21.4. The van der Waals surface area contributed by atoms with Crippen molar-refractivity contribution >= 4 is 28.8 Å². The van der Waals surface area contributed by atoms with Crippen LogP contribution in [0.5, 0.6) is 0 Å². The molecule has 4 heteroatoms. The van der Waals surface area contributed by atoms with Crippen molar-refractivity contribution in [2.24, 2.45) is 5.41 Å². The summed E-state index contributed by atoms with van der Waals surface area (Å²) in [6.07, 6.45) is 1.66. The molecule has 0 aromatic heterocycles. The molecule has 3 nitrogen and oxygen atoms in total. The Labute approximate surface area is 67.3 Å². The van der Waals surface area contributed by atoms with Crippen LogP contribution in [0.1, 0.15) is 12.8 Å². The Kier molecular flexibility index (Phi) is 1.95. The standard InChI is InChI=1S/C5H8INO2/c6-7-3-5(1-2-5)4(8)9/h7H,1-3H2,(H,8,9). The van der Waals surface area contributed by atoms with Gasteiger partial charge in [-0.15, -0.1) is 0 Å². The number of carboxylic acid groups (broad SMARTS) is 1. The van der Waals surface area contributed by atoms with Gasteiger partial charge >= 0.3 is 5.97 Å². The Hall–Kier alpha value is 0.160. The van der Waals surface area contributed by atoms with Crippen LogP contribution in [-0.4, -0.2) is 17.6 Å². The minimum atomic E-state index is -0.660. The van der Waals surface area contributed by atoms with Gasteiger partial charge in [0.25, 0.3) is 0 Å². The quantitative estimate of drug-likeness (QED) is 0.567. The summed E-state index contributed by atoms with van der Waals surface area (Å²) in [5.41, 5.74) is -0.402. The van der Waals surface area contributed by atoms with Crippen molar-refractivity contribution in [1.82, 2.24) is 3.53 Å². The van der Waals surface area contributed by atoms with Gasteiger partial charge in [-0.3, -0.25) is 8.32 Å². The van der Waals surface area contributed by atoms with Gasteiger partial charge in [-0.1, -0.05) is 0 Å². The zero-order chi connectivity index (χ0) is 6.91. The number of hydrogen-bond acceptors (Lipinski definition) is 2. The molecule has 1 aliphatic rings. The van der Waals surface area contributed by atoms with E-state index in [1.807, 2.05) is 22.9 Å². The number of hydrogen-bond donors (Lipinski definition) is 2. The van der Waals surface area contributed by atoms with Crippen LogP contribution >= 0.6 is 22.9 Å². The van der Waals surface area contributed by atoms with Gasteiger partial charge in [-0.05, 0) is 12.8 Å². The van der Waals surface area contributed by atoms with E-state index in [-0.39, 0.29) is 0 Å². The third-order valence-electron chi connectivity index (χ3n) is 1.71. The first kappa shape index (κ1) is 7.27. The summed E-state index contributed by atoms with van der Waals surface area (Å²) in [7, 11) is 0. The predicted octanol–water partition coefficient (Wildman–Crippen LogP) is 0.791. The van der Waals surface area contributed by atoms with Crippen LogP contribution in [-0.2, 0) is 4.79 Å². The average molecular weight is 241 g/mol. The highest BCUT2D eigenvalue weighted by molar-refractivity contribution is 14.1. The van der Waals surface area contributed by atoms with E-state index in [2.05, 4.69) is 3.53 Å². The van der Waals surface area contributed by atoms with Gasteiger partial charge in [0.05, 0.1) is 5.41 Å². The number of carboxylic acids is 1. The van der Waals surface area contributed by atoms with Crippen molar-refractivity contribution in [3.8, 4) is 0 Å². The highest BCUT2D eigenvalue weighted by Crippen LogP contribution is 2.45. The fourth-order valence-corrected chi connectivity index (χ4v) is 1.48. The summed E-state index contributed by atoms with van der Waals surface area (Å²) in [4.78, 5) is 10.4. The largest absolute Gasteiger partial charge is 0.481 e. The lowest BCUT2D eigenvalue weighted by Gasteiger charge is -2.05. The molecule has 0 spiro atoms. The fraction of sp³-hybridized carbons (Fsp3) is 0.800. The van der Waals surface area contributed by atoms with E-state index in [9.17, 15) is 4.79 Å². The van der Waals surface area contributed by atoms with Gasteiger partial charge in [-0.2, -0.15) is 0 Å². The summed E-state index contributed by atoms with van der Waals surface area (Å²) in [5, 5.41) is 8.59. The molecule has 1 fully saturated rings. The molecule has 0 heterocycles. The molecule has 0 aromatic rings. The Balaban J connectivity index is 2.43. The molecule has 2 N–H and O–H groups in total. The molecule has 1 saturated carbocycles. The third kappa shape index (κ3) is 1.35. The maximum atomic E-state index is 10.4. The van der Waals surface area contributed by atoms with E-state index in [0.29, 0.717) is 6.54 Å². The second-order valence-electron chi connectivity index (χ2n) is 2.40. The molecule has 1 rings (SSSR count). The zero-order valence-corrected chi connectivity index (χ0v) is 7.01. The van der Waals surface area contributed by atoms with E-state index >= 15 is 0 Å². The monoisotopic (exact) mass is 241 g/mol. The maximum Gasteiger partial charge on any atom is 0.310 e. The molecule has 0 radical (unpaired) electrons. The van der Waals surface area contributed by atoms with Crippen molar-refractivity contribution in [2.45, 2.75) is 12.8 Å². The lowest BCUT2D eigenvalue weighted by Crippen LogP contribution is -2.24. The first-order valence-corrected chi connectivity index (χ1v) is 3.86. The van der Waals surface area contributed by atoms with Crippen molar-refractivity contribution in [3.05, 3.63) is 0 Å². The molecule has 0 aromatic carbocycles. The molecule has 9 heavy (non-hydrogen) atoms. The minimum absolute atomic E-state index is 0.402. The van der Waals surface area contributed by atoms with Gasteiger partial charge < -0.3 is 5.11 Å². The Morgan fingerprint density at radius 1 is 1.78 bits per heavy atom. The number of halogens is 1. The van der Waals surface area contributed by atoms with Crippen molar-refractivity contribution < 1.29 is 9.90 Å². The molecule has 52 valence electrons. The van der Waals surface area contributed by atoms with Crippen LogP contribution < -0.4 is 3.53 Å². The summed E-state index contributed by atoms with van der Waals surface area (Å²) in [6.45, 7) is 0.600. The van der Waals surface area contributed by atoms with Crippen LogP contribution in [0.15, 0.2) is 0 Å². The van der Waals surface area contributed by atoms with E-state index in [0.717, 1.165) is 12.8 Å². The first-order valence-electron chi connectivity index (χ1n) is 2.78. The van der Waals surface area contributed by atoms with Crippen LogP contribution in [0.25, 0.3) is 0 Å². The van der Waals surface area contributed by atoms with Crippen LogP contribution in [0, 0.1) is 5.41 Å². The summed E-state index contributed by atoms with van der Waals surface area (Å²) < 4.78 is 2.84. The van der Waals surface area contributed by atoms with Crippen LogP contribution in [0.3, 0.4) is 0 Å². The second-order valence-corrected chi connectivity index (χ2v) is 3.16. The minimum Gasteiger partial charge on any atom is -0.481 e. The van der Waals surface area contributed by atoms with Gasteiger partial charge in [0.15, 0.2) is 0 Å². The van der Waals surface area contributed by atoms with Crippen LogP contribution in [0.2, 0.25) is 0 Å². The number of rotatable bonds is 3. The average Bonchev–Trinajstić information content (AvgIpc) is 2.49. The number of carbonyl (C=O) groups is 1. The second kappa shape index (κ2) is 2.42. The molecule has 0 aliphatic heterocycles. The molecular weight excluding hydrogens is 233 g/mol. The van der Waals surface area contributed by atoms with E-state index in [1.54, 1.807) is 0 Å². The van der Waals surface area contributed by atoms with Crippen molar-refractivity contribution in [1.29, 1.82) is 0 Å². The summed E-state index contributed by atoms with van der Waals surface area (Å²) in [5.74, 6) is -0.660. The predicted molar refractivity (Wildman–Crippen MR) is 41.3 cm³/mol. The van der Waals surface area contributed by atoms with E-state index in [1.165, 1.54) is 0 Å². The Bertz CT molecular complexity index is 133. The maximum absolute atomic E-state index is 10.4. The highest BCUT2D eigenvalue weighted by Gasteiger charge is 2.49. The highest BCUT2D eigenvalue weighted by atomic mass is 127. The van der Waals surface area contributed by atoms with E-state index in [4.69, 9.17) is 5.11 Å². The van der Waals surface area contributed by atoms with E-state index < -0.39 is 11.4 Å². The molecule has 0 bridgehead atoms. The zero-order valence-electron chi connectivity index (χ0n) is 4.85. The number of aliphatic carboxylic acids is 1. The number of nitrogens with one attached hydrogen (secondary N) is 1. The molecule has 0 atom stereocenters. The van der Waals surface area contributed by atoms with Crippen LogP contribution in [0.4, 0.5) is 0 Å². The lowest BCUT2D eigenvalue weighted by atomic mass is 10.1. The molecular formula is C5H8INO2. The molecule has 1 aliphatic carbocycles. The van der Waals surface area contributed by atoms with Gasteiger partial charge in [0.2, 0.25) is 0 Å². The molecule has 0 saturated heterocycles. The molecule has 0 amide bonds. The van der Waals surface area contributed by atoms with Gasteiger partial charge in [0.1, 0.15) is 0 Å². The van der Waals surface area contributed by atoms with Gasteiger partial charge in [-0.25, -0.2) is 0 Å². The third-order valence-corrected chi connectivity index (χ3v) is 2.09. The van der Waals surface area contributed by atoms with Crippen molar-refractivity contribution in [2.75, 3.05) is 6.54 Å². The SMILES string of the molecule is O=C(O)C1(CNI)CC1. The first-order chi connectivity index (χ1) is 4.21. The summed E-state index contributed by atoms with van der Waals surface area (Å²) in [6, 6.07) is 0. The fourth-order valence-electron chi connectivity index (χ4n) is 0.745. The molecule has 0 unspecified atom stereocenters. The Morgan fingerprint density at radius 3 is 2.44 bits per heavy atom. The smallest absolute Gasteiger partial charge is 0.310 e. The lowest BCUT2D eigenvalue weighted by molar-refractivity contribution is -0.142. The van der Waals surface area contributed by atoms with Gasteiger partial charge in [0, 0.05) is 29.4 Å². The topological polar surface area (TPSA) is 49.3 Å². The summed E-state index contributed by atoms with van der Waals surface area (Å²) >= 11 is 1.97. The Morgan fingerprint density at radius 2 is 2.33 bits per heavy atom.